The summed E-state index contributed by atoms with van der Waals surface area (Å²) in [7, 11) is 0. The summed E-state index contributed by atoms with van der Waals surface area (Å²) >= 11 is 1.25. The van der Waals surface area contributed by atoms with Crippen molar-refractivity contribution in [3.05, 3.63) is 99.6 Å². The van der Waals surface area contributed by atoms with Gasteiger partial charge in [-0.05, 0) is 30.9 Å². The van der Waals surface area contributed by atoms with E-state index in [9.17, 15) is 14.9 Å². The van der Waals surface area contributed by atoms with Crippen molar-refractivity contribution >= 4 is 35.1 Å². The molecule has 2 heterocycles. The number of Topliss-reactive ketones (excluding diaryl/α,β-unsaturated/α-hetero) is 1. The van der Waals surface area contributed by atoms with Crippen molar-refractivity contribution in [2.45, 2.75) is 31.3 Å². The van der Waals surface area contributed by atoms with Crippen LogP contribution in [0.15, 0.2) is 83.1 Å². The lowest BCUT2D eigenvalue weighted by atomic mass is 10.1. The number of benzene rings is 3. The fourth-order valence-electron chi connectivity index (χ4n) is 4.48. The van der Waals surface area contributed by atoms with Gasteiger partial charge in [-0.2, -0.15) is 9.78 Å². The van der Waals surface area contributed by atoms with E-state index < -0.39 is 0 Å². The Labute approximate surface area is 230 Å². The molecule has 1 aromatic heterocycles. The third kappa shape index (κ3) is 6.06. The Kier molecular flexibility index (Phi) is 8.12. The van der Waals surface area contributed by atoms with Crippen molar-refractivity contribution in [1.29, 1.82) is 0 Å². The first-order valence-electron chi connectivity index (χ1n) is 12.9. The Balaban J connectivity index is 1.42. The second kappa shape index (κ2) is 12.0. The first-order valence-corrected chi connectivity index (χ1v) is 13.9. The van der Waals surface area contributed by atoms with Crippen LogP contribution >= 0.6 is 11.8 Å². The number of rotatable bonds is 10. The fraction of sp³-hybridized carbons (Fsp3) is 0.241. The number of carbonyl (C=O) groups is 1. The molecule has 1 fully saturated rings. The Morgan fingerprint density at radius 1 is 1.05 bits per heavy atom. The number of anilines is 1. The van der Waals surface area contributed by atoms with Crippen LogP contribution in [0.1, 0.15) is 41.3 Å². The van der Waals surface area contributed by atoms with Crippen LogP contribution in [0.5, 0.6) is 0 Å². The summed E-state index contributed by atoms with van der Waals surface area (Å²) in [5.74, 6) is 0.664. The molecule has 4 aromatic rings. The number of nitrogens with zero attached hydrogens (tertiary/aromatic N) is 6. The monoisotopic (exact) mass is 540 g/mol. The number of carbonyl (C=O) groups excluding carboxylic acids is 1. The molecule has 5 rings (SSSR count). The highest BCUT2D eigenvalue weighted by molar-refractivity contribution is 7.99. The zero-order valence-corrected chi connectivity index (χ0v) is 22.4. The molecule has 1 aliphatic rings. The van der Waals surface area contributed by atoms with Gasteiger partial charge in [0.1, 0.15) is 5.69 Å². The quantitative estimate of drug-likeness (QED) is 0.0814. The van der Waals surface area contributed by atoms with Crippen molar-refractivity contribution in [2.75, 3.05) is 23.7 Å². The van der Waals surface area contributed by atoms with Crippen LogP contribution in [0.3, 0.4) is 0 Å². The van der Waals surface area contributed by atoms with E-state index >= 15 is 0 Å². The molecular formula is C29H28N6O3S. The van der Waals surface area contributed by atoms with Gasteiger partial charge in [-0.15, -0.1) is 10.2 Å². The molecule has 0 bridgehead atoms. The van der Waals surface area contributed by atoms with Gasteiger partial charge in [0, 0.05) is 35.8 Å². The average molecular weight is 541 g/mol. The van der Waals surface area contributed by atoms with E-state index in [0.29, 0.717) is 27.8 Å². The van der Waals surface area contributed by atoms with E-state index in [2.05, 4.69) is 22.2 Å². The first-order chi connectivity index (χ1) is 19.0. The minimum atomic E-state index is -0.348. The molecule has 0 saturated carbocycles. The number of nitro benzene ring substituents is 1. The molecule has 9 nitrogen and oxygen atoms in total. The molecule has 198 valence electrons. The number of aryl methyl sites for hydroxylation is 1. The summed E-state index contributed by atoms with van der Waals surface area (Å²) in [6.45, 7) is 3.71. The van der Waals surface area contributed by atoms with Gasteiger partial charge in [0.15, 0.2) is 11.6 Å². The highest BCUT2D eigenvalue weighted by atomic mass is 32.2. The summed E-state index contributed by atoms with van der Waals surface area (Å²) in [5, 5.41) is 25.5. The maximum Gasteiger partial charge on any atom is 0.293 e. The summed E-state index contributed by atoms with van der Waals surface area (Å²) in [5.41, 5.74) is 3.90. The van der Waals surface area contributed by atoms with Gasteiger partial charge in [0.25, 0.3) is 5.69 Å². The van der Waals surface area contributed by atoms with E-state index in [1.165, 1.54) is 17.3 Å². The van der Waals surface area contributed by atoms with Crippen molar-refractivity contribution in [3.63, 3.8) is 0 Å². The van der Waals surface area contributed by atoms with Gasteiger partial charge in [-0.3, -0.25) is 14.9 Å². The Bertz CT molecular complexity index is 1500. The normalized spacial score (nSPS) is 13.3. The molecule has 0 N–H and O–H groups in total. The number of aromatic nitrogens is 3. The van der Waals surface area contributed by atoms with Gasteiger partial charge in [-0.1, -0.05) is 79.3 Å². The van der Waals surface area contributed by atoms with Crippen LogP contribution in [-0.2, 0) is 6.42 Å². The fourth-order valence-corrected chi connectivity index (χ4v) is 5.26. The highest BCUT2D eigenvalue weighted by Crippen LogP contribution is 2.31. The van der Waals surface area contributed by atoms with Crippen LogP contribution in [-0.4, -0.2) is 50.6 Å². The highest BCUT2D eigenvalue weighted by Gasteiger charge is 2.22. The Morgan fingerprint density at radius 3 is 2.49 bits per heavy atom. The van der Waals surface area contributed by atoms with Gasteiger partial charge >= 0.3 is 0 Å². The topological polar surface area (TPSA) is 107 Å². The van der Waals surface area contributed by atoms with Crippen molar-refractivity contribution in [1.82, 2.24) is 14.9 Å². The number of ketones is 1. The van der Waals surface area contributed by atoms with Gasteiger partial charge in [-0.25, -0.2) is 0 Å². The van der Waals surface area contributed by atoms with E-state index in [-0.39, 0.29) is 22.1 Å². The maximum atomic E-state index is 12.8. The SMILES string of the molecule is CCc1ccc(C(=O)CSc2nnc(-c3ccccc3)n2/N=C\c2ccc(N3CCCC3)c([N+](=O)[O-])c2)cc1. The number of hydrogen-bond donors (Lipinski definition) is 0. The molecule has 10 heteroatoms. The number of hydrogen-bond acceptors (Lipinski definition) is 8. The standard InChI is InChI=1S/C29H28N6O3S/c1-2-21-10-13-23(14-11-21)27(36)20-39-29-32-31-28(24-8-4-3-5-9-24)34(29)30-19-22-12-15-25(26(18-22)35(37)38)33-16-6-7-17-33/h3-5,8-15,18-19H,2,6-7,16-17,20H2,1H3/b30-19-. The Morgan fingerprint density at radius 2 is 1.79 bits per heavy atom. The predicted octanol–water partition coefficient (Wildman–Crippen LogP) is 5.87. The Hall–Kier alpha value is -4.31. The van der Waals surface area contributed by atoms with E-state index in [0.717, 1.165) is 37.9 Å². The van der Waals surface area contributed by atoms with Crippen molar-refractivity contribution in [2.24, 2.45) is 5.10 Å². The molecular weight excluding hydrogens is 512 g/mol. The van der Waals surface area contributed by atoms with Crippen molar-refractivity contribution in [3.8, 4) is 11.4 Å². The van der Waals surface area contributed by atoms with Gasteiger partial charge < -0.3 is 4.90 Å². The van der Waals surface area contributed by atoms with Crippen LogP contribution < -0.4 is 4.90 Å². The predicted molar refractivity (Wildman–Crippen MR) is 154 cm³/mol. The third-order valence-electron chi connectivity index (χ3n) is 6.63. The van der Waals surface area contributed by atoms with Gasteiger partial charge in [0.2, 0.25) is 5.16 Å². The van der Waals surface area contributed by atoms with Crippen LogP contribution in [0.25, 0.3) is 11.4 Å². The largest absolute Gasteiger partial charge is 0.366 e. The lowest BCUT2D eigenvalue weighted by molar-refractivity contribution is -0.384. The summed E-state index contributed by atoms with van der Waals surface area (Å²) in [6.07, 6.45) is 4.54. The zero-order valence-electron chi connectivity index (χ0n) is 21.6. The van der Waals surface area contributed by atoms with Crippen molar-refractivity contribution < 1.29 is 9.72 Å². The van der Waals surface area contributed by atoms with E-state index in [1.54, 1.807) is 23.0 Å². The molecule has 0 spiro atoms. The molecule has 0 unspecified atom stereocenters. The molecule has 3 aromatic carbocycles. The minimum absolute atomic E-state index is 0.0180. The minimum Gasteiger partial charge on any atom is -0.366 e. The molecule has 0 radical (unpaired) electrons. The van der Waals surface area contributed by atoms with Crippen LogP contribution in [0, 0.1) is 10.1 Å². The molecule has 39 heavy (non-hydrogen) atoms. The zero-order chi connectivity index (χ0) is 27.2. The molecule has 1 saturated heterocycles. The van der Waals surface area contributed by atoms with E-state index in [4.69, 9.17) is 0 Å². The average Bonchev–Trinajstić information content (AvgIpc) is 3.65. The smallest absolute Gasteiger partial charge is 0.293 e. The second-order valence-electron chi connectivity index (χ2n) is 9.19. The molecule has 0 aliphatic carbocycles. The maximum absolute atomic E-state index is 12.8. The van der Waals surface area contributed by atoms with Crippen LogP contribution in [0.4, 0.5) is 11.4 Å². The first kappa shape index (κ1) is 26.3. The second-order valence-corrected chi connectivity index (χ2v) is 10.1. The molecule has 1 aliphatic heterocycles. The lowest BCUT2D eigenvalue weighted by Gasteiger charge is -2.17. The summed E-state index contributed by atoms with van der Waals surface area (Å²) in [4.78, 5) is 26.4. The van der Waals surface area contributed by atoms with Crippen LogP contribution in [0.2, 0.25) is 0 Å². The number of nitro groups is 1. The summed E-state index contributed by atoms with van der Waals surface area (Å²) in [6, 6.07) is 22.3. The van der Waals surface area contributed by atoms with E-state index in [1.807, 2.05) is 65.6 Å². The van der Waals surface area contributed by atoms with Gasteiger partial charge in [0.05, 0.1) is 16.9 Å². The summed E-state index contributed by atoms with van der Waals surface area (Å²) < 4.78 is 1.58. The number of thioether (sulfide) groups is 1. The third-order valence-corrected chi connectivity index (χ3v) is 7.55. The molecule has 0 atom stereocenters. The lowest BCUT2D eigenvalue weighted by Crippen LogP contribution is -2.19. The molecule has 0 amide bonds.